The summed E-state index contributed by atoms with van der Waals surface area (Å²) in [4.78, 5) is 86.6. The van der Waals surface area contributed by atoms with Crippen LogP contribution in [-0.2, 0) is 83.0 Å². The Morgan fingerprint density at radius 3 is 1.36 bits per heavy atom. The van der Waals surface area contributed by atoms with Gasteiger partial charge in [-0.2, -0.15) is 0 Å². The van der Waals surface area contributed by atoms with Crippen molar-refractivity contribution in [2.45, 2.75) is 77.1 Å². The maximum Gasteiger partial charge on any atom is 1.00 e. The Balaban J connectivity index is 0.000000342. The fraction of sp³-hybridized carbons (Fsp3) is 0.486. The maximum atomic E-state index is 12.8. The Morgan fingerprint density at radius 2 is 1.02 bits per heavy atom. The van der Waals surface area contributed by atoms with E-state index >= 15 is 0 Å². The first-order valence-electron chi connectivity index (χ1n) is 17.1. The summed E-state index contributed by atoms with van der Waals surface area (Å²) in [6, 6.07) is 12.2. The molecular weight excluding hydrogens is 992 g/mol. The number of carbonyl (C=O) groups excluding carboxylic acids is 7. The van der Waals surface area contributed by atoms with E-state index in [2.05, 4.69) is 20.8 Å². The molecule has 4 aliphatic rings. The first kappa shape index (κ1) is 49.1. The van der Waals surface area contributed by atoms with Crippen LogP contribution in [0.4, 0.5) is 0 Å². The van der Waals surface area contributed by atoms with E-state index in [-0.39, 0.29) is 106 Å². The van der Waals surface area contributed by atoms with E-state index in [1.165, 1.54) is 18.7 Å². The van der Waals surface area contributed by atoms with Gasteiger partial charge in [0.1, 0.15) is 18.2 Å². The van der Waals surface area contributed by atoms with E-state index in [1.807, 2.05) is 27.7 Å². The molecule has 6 rings (SSSR count). The van der Waals surface area contributed by atoms with Gasteiger partial charge in [-0.1, -0.05) is 67.9 Å². The zero-order valence-electron chi connectivity index (χ0n) is 31.0. The number of imide groups is 2. The normalized spacial score (nSPS) is 28.8. The summed E-state index contributed by atoms with van der Waals surface area (Å²) in [6.07, 6.45) is -2.14. The number of aliphatic hydroxyl groups is 1. The number of hydrogen-bond acceptors (Lipinski definition) is 14. The number of aliphatic hydroxyl groups excluding tert-OH is 1. The third kappa shape index (κ3) is 10.5. The van der Waals surface area contributed by atoms with Crippen molar-refractivity contribution in [1.82, 2.24) is 9.80 Å². The molecule has 2 N–H and O–H groups in total. The van der Waals surface area contributed by atoms with Crippen molar-refractivity contribution in [2.75, 3.05) is 13.2 Å². The van der Waals surface area contributed by atoms with E-state index in [1.54, 1.807) is 48.5 Å². The molecule has 5 unspecified atom stereocenters. The second kappa shape index (κ2) is 21.6. The van der Waals surface area contributed by atoms with Crippen molar-refractivity contribution >= 4 is 58.0 Å². The average Bonchev–Trinajstić information content (AvgIpc) is 3.54. The Morgan fingerprint density at radius 1 is 0.696 bits per heavy atom. The molecule has 4 heterocycles. The van der Waals surface area contributed by atoms with Crippen LogP contribution in [0.15, 0.2) is 48.5 Å². The predicted octanol–water partition coefficient (Wildman–Crippen LogP) is 3.35. The standard InChI is InChI=1S/C18H20BrNO5.C18H21NO6.CHO3.2Ag/c1-9-10(2)15(16(19)25-14(9)8-24-11(3)21)20-17(22)12-6-4-5-7-13(12)18(20)23;1-9-10(2)15(18(23)25-14(9)8-24-11(3)20)19-16(21)12-6-4-5-7-13(12)17(19)22;2-1-4-3;;/h4-7,9-10,14-16H,8H2,1-3H3;4-7,9-10,14-15,18,23H,8H2,1-3H3;3H;;/q;;-1;;+1/t9-,10-,14?,15?,16-;9-,10-,14?,15?,18?;;;/m00.../s1. The number of esters is 2. The van der Waals surface area contributed by atoms with Crippen LogP contribution in [0.3, 0.4) is 0 Å². The monoisotopic (exact) mass is 1030 g/mol. The second-order valence-corrected chi connectivity index (χ2v) is 14.2. The third-order valence-corrected chi connectivity index (χ3v) is 11.0. The topological polar surface area (TPSA) is 213 Å². The zero-order valence-corrected chi connectivity index (χ0v) is 35.5. The molecule has 2 fully saturated rings. The van der Waals surface area contributed by atoms with E-state index in [0.717, 1.165) is 11.4 Å². The molecule has 4 amide bonds. The van der Waals surface area contributed by atoms with Gasteiger partial charge in [-0.25, -0.2) is 5.26 Å². The van der Waals surface area contributed by atoms with Gasteiger partial charge >= 0.3 is 34.3 Å². The van der Waals surface area contributed by atoms with Gasteiger partial charge in [0.05, 0.1) is 46.5 Å². The van der Waals surface area contributed by atoms with Crippen LogP contribution in [0.2, 0.25) is 0 Å². The van der Waals surface area contributed by atoms with Crippen molar-refractivity contribution in [3.63, 3.8) is 0 Å². The van der Waals surface area contributed by atoms with E-state index < -0.39 is 47.3 Å². The second-order valence-electron chi connectivity index (χ2n) is 13.3. The van der Waals surface area contributed by atoms with Crippen molar-refractivity contribution in [3.05, 3.63) is 70.8 Å². The maximum absolute atomic E-state index is 12.8. The molecule has 0 aliphatic carbocycles. The molecule has 2 saturated heterocycles. The predicted molar refractivity (Wildman–Crippen MR) is 189 cm³/mol. The van der Waals surface area contributed by atoms with Gasteiger partial charge in [-0.15, -0.1) is 0 Å². The van der Waals surface area contributed by atoms with Crippen molar-refractivity contribution < 1.29 is 113 Å². The zero-order chi connectivity index (χ0) is 40.0. The van der Waals surface area contributed by atoms with Gasteiger partial charge in [0, 0.05) is 36.2 Å². The Hall–Kier alpha value is -3.07. The number of ether oxygens (including phenoxy) is 4. The molecule has 0 spiro atoms. The number of benzene rings is 2. The third-order valence-electron chi connectivity index (χ3n) is 10.3. The number of carbonyl (C=O) groups is 6. The minimum Gasteiger partial charge on any atom is -0.509 e. The number of alkyl halides is 1. The fourth-order valence-corrected chi connectivity index (χ4v) is 8.00. The number of halogens is 1. The number of amides is 4. The van der Waals surface area contributed by atoms with Crippen molar-refractivity contribution in [3.8, 4) is 0 Å². The Kier molecular flexibility index (Phi) is 18.9. The molecule has 19 heteroatoms. The van der Waals surface area contributed by atoms with Crippen LogP contribution in [0, 0.1) is 23.7 Å². The van der Waals surface area contributed by atoms with Gasteiger partial charge in [0.25, 0.3) is 23.6 Å². The van der Waals surface area contributed by atoms with Crippen LogP contribution in [-0.4, -0.2) is 111 Å². The molecular formula is C37H42Ag2BrN2O14. The first-order chi connectivity index (χ1) is 25.6. The summed E-state index contributed by atoms with van der Waals surface area (Å²) in [6.45, 7) is 11.3. The van der Waals surface area contributed by atoms with Gasteiger partial charge in [0.2, 0.25) is 0 Å². The quantitative estimate of drug-likeness (QED) is 0.0596. The molecule has 10 atom stereocenters. The Labute approximate surface area is 362 Å². The summed E-state index contributed by atoms with van der Waals surface area (Å²) < 4.78 is 21.6. The van der Waals surface area contributed by atoms with Crippen LogP contribution in [0.25, 0.3) is 0 Å². The fourth-order valence-electron chi connectivity index (χ4n) is 7.01. The van der Waals surface area contributed by atoms with Gasteiger partial charge in [-0.3, -0.25) is 38.6 Å². The molecule has 1 radical (unpaired) electrons. The molecule has 0 aromatic heterocycles. The average molecular weight is 1030 g/mol. The largest absolute Gasteiger partial charge is 1.00 e. The van der Waals surface area contributed by atoms with Crippen LogP contribution < -0.4 is 0 Å². The molecule has 0 saturated carbocycles. The number of rotatable bonds is 7. The van der Waals surface area contributed by atoms with E-state index in [0.29, 0.717) is 22.3 Å². The summed E-state index contributed by atoms with van der Waals surface area (Å²) >= 11 is 3.47. The van der Waals surface area contributed by atoms with Crippen molar-refractivity contribution in [2.24, 2.45) is 23.7 Å². The number of fused-ring (bicyclic) bond motifs is 2. The van der Waals surface area contributed by atoms with Gasteiger partial charge in [-0.05, 0) is 54.4 Å². The van der Waals surface area contributed by atoms with Crippen LogP contribution >= 0.6 is 15.9 Å². The molecule has 56 heavy (non-hydrogen) atoms. The van der Waals surface area contributed by atoms with Crippen LogP contribution in [0.1, 0.15) is 83.0 Å². The SMILES string of the molecule is CC(=O)OCC1OC(O)C(N2C(=O)c3ccccc3C2=O)[C@@H](C)[C@@H]1C.CC(=O)OCC1O[C@H](Br)C(N2C(=O)c3ccccc3C2=O)[C@@H](C)[C@@H]1C.O=[C-]OO.[Ag+].[Ag]. The summed E-state index contributed by atoms with van der Waals surface area (Å²) in [7, 11) is 0. The molecule has 313 valence electrons. The molecule has 4 aliphatic heterocycles. The number of hydrogen-bond donors (Lipinski definition) is 2. The van der Waals surface area contributed by atoms with Crippen LogP contribution in [0.5, 0.6) is 0 Å². The van der Waals surface area contributed by atoms with Gasteiger partial charge < -0.3 is 33.7 Å². The molecule has 16 nitrogen and oxygen atoms in total. The minimum atomic E-state index is -1.34. The molecule has 2 aromatic carbocycles. The summed E-state index contributed by atoms with van der Waals surface area (Å²) in [5.74, 6) is -2.62. The smallest absolute Gasteiger partial charge is 0.509 e. The van der Waals surface area contributed by atoms with Gasteiger partial charge in [0.15, 0.2) is 6.29 Å². The first-order valence-corrected chi connectivity index (χ1v) is 18.0. The van der Waals surface area contributed by atoms with E-state index in [9.17, 15) is 33.9 Å². The van der Waals surface area contributed by atoms with Crippen molar-refractivity contribution in [1.29, 1.82) is 0 Å². The molecule has 0 bridgehead atoms. The van der Waals surface area contributed by atoms with E-state index in [4.69, 9.17) is 29.0 Å². The Bertz CT molecular complexity index is 1580. The summed E-state index contributed by atoms with van der Waals surface area (Å²) in [5.41, 5.74) is 1.52. The minimum absolute atomic E-state index is 0. The molecule has 2 aromatic rings. The summed E-state index contributed by atoms with van der Waals surface area (Å²) in [5, 5.41) is 16.9. The number of nitrogens with zero attached hydrogens (tertiary/aromatic N) is 2.